The molecule has 0 radical (unpaired) electrons. The van der Waals surface area contributed by atoms with E-state index in [2.05, 4.69) is 73.6 Å². The largest absolute Gasteiger partial charge is 0.458 e. The Morgan fingerprint density at radius 2 is 0.897 bits per heavy atom. The minimum absolute atomic E-state index is 0.141. The summed E-state index contributed by atoms with van der Waals surface area (Å²) in [5.41, 5.74) is 13.8. The molecule has 2 nitrogen and oxygen atoms in total. The highest BCUT2D eigenvalue weighted by molar-refractivity contribution is 6.98. The van der Waals surface area contributed by atoms with Gasteiger partial charge in [-0.15, -0.1) is 0 Å². The Bertz CT molecular complexity index is 1150. The van der Waals surface area contributed by atoms with Crippen LogP contribution in [0.3, 0.4) is 0 Å². The molecule has 3 aromatic rings. The van der Waals surface area contributed by atoms with E-state index in [1.165, 1.54) is 60.9 Å². The Labute approximate surface area is 174 Å². The van der Waals surface area contributed by atoms with Gasteiger partial charge >= 0.3 is 0 Å². The van der Waals surface area contributed by atoms with Crippen molar-refractivity contribution in [3.63, 3.8) is 0 Å². The summed E-state index contributed by atoms with van der Waals surface area (Å²) in [7, 11) is 0. The molecule has 3 aromatic carbocycles. The van der Waals surface area contributed by atoms with Gasteiger partial charge in [-0.2, -0.15) is 0 Å². The monoisotopic (exact) mass is 382 g/mol. The quantitative estimate of drug-likeness (QED) is 0.356. The highest BCUT2D eigenvalue weighted by Gasteiger charge is 2.43. The SMILES string of the molecule is Cc1cc2c(c(C)c1C)Oc1c(C)cc(C)c3c1B2c1cc(C)c(C)c(C)c1O3. The molecule has 0 N–H and O–H groups in total. The third kappa shape index (κ3) is 2.30. The van der Waals surface area contributed by atoms with Crippen molar-refractivity contribution in [3.8, 4) is 23.0 Å². The molecule has 0 saturated carbocycles. The fourth-order valence-electron chi connectivity index (χ4n) is 5.08. The van der Waals surface area contributed by atoms with Gasteiger partial charge in [-0.3, -0.25) is 0 Å². The zero-order chi connectivity index (χ0) is 20.8. The summed E-state index contributed by atoms with van der Waals surface area (Å²) in [5.74, 6) is 3.98. The predicted octanol–water partition coefficient (Wildman–Crippen LogP) is 4.88. The molecule has 2 aliphatic rings. The first-order valence-electron chi connectivity index (χ1n) is 10.4. The first-order valence-corrected chi connectivity index (χ1v) is 10.4. The summed E-state index contributed by atoms with van der Waals surface area (Å²) in [4.78, 5) is 0. The Morgan fingerprint density at radius 1 is 0.483 bits per heavy atom. The summed E-state index contributed by atoms with van der Waals surface area (Å²) in [6, 6.07) is 6.84. The van der Waals surface area contributed by atoms with E-state index in [1.54, 1.807) is 0 Å². The molecule has 29 heavy (non-hydrogen) atoms. The van der Waals surface area contributed by atoms with Gasteiger partial charge in [0.15, 0.2) is 0 Å². The van der Waals surface area contributed by atoms with E-state index in [9.17, 15) is 0 Å². The zero-order valence-electron chi connectivity index (χ0n) is 18.6. The van der Waals surface area contributed by atoms with Gasteiger partial charge in [-0.25, -0.2) is 0 Å². The van der Waals surface area contributed by atoms with Crippen molar-refractivity contribution >= 4 is 23.1 Å². The highest BCUT2D eigenvalue weighted by atomic mass is 16.5. The fourth-order valence-corrected chi connectivity index (χ4v) is 5.08. The van der Waals surface area contributed by atoms with Crippen molar-refractivity contribution in [1.82, 2.24) is 0 Å². The molecule has 0 amide bonds. The molecule has 5 rings (SSSR count). The minimum Gasteiger partial charge on any atom is -0.458 e. The Hall–Kier alpha value is -2.68. The molecular weight excluding hydrogens is 355 g/mol. The average Bonchev–Trinajstić information content (AvgIpc) is 2.68. The second kappa shape index (κ2) is 5.92. The van der Waals surface area contributed by atoms with Gasteiger partial charge in [0.2, 0.25) is 0 Å². The molecule has 146 valence electrons. The van der Waals surface area contributed by atoms with Crippen molar-refractivity contribution in [2.75, 3.05) is 0 Å². The molecule has 0 saturated heterocycles. The van der Waals surface area contributed by atoms with Crippen LogP contribution >= 0.6 is 0 Å². The van der Waals surface area contributed by atoms with Crippen LogP contribution in [0.5, 0.6) is 23.0 Å². The van der Waals surface area contributed by atoms with E-state index in [1.807, 2.05) is 0 Å². The molecule has 3 heteroatoms. The second-order valence-electron chi connectivity index (χ2n) is 8.94. The molecule has 0 aromatic heterocycles. The number of ether oxygens (including phenoxy) is 2. The van der Waals surface area contributed by atoms with E-state index < -0.39 is 0 Å². The third-order valence-corrected chi connectivity index (χ3v) is 7.22. The van der Waals surface area contributed by atoms with E-state index in [4.69, 9.17) is 9.47 Å². The average molecular weight is 382 g/mol. The van der Waals surface area contributed by atoms with Crippen molar-refractivity contribution in [2.45, 2.75) is 55.4 Å². The summed E-state index contributed by atoms with van der Waals surface area (Å²) in [5, 5.41) is 0. The molecule has 0 bridgehead atoms. The summed E-state index contributed by atoms with van der Waals surface area (Å²) in [6.07, 6.45) is 0. The van der Waals surface area contributed by atoms with Gasteiger partial charge in [0.05, 0.1) is 0 Å². The smallest absolute Gasteiger partial charge is 0.260 e. The highest BCUT2D eigenvalue weighted by Crippen LogP contribution is 2.41. The summed E-state index contributed by atoms with van der Waals surface area (Å²) >= 11 is 0. The summed E-state index contributed by atoms with van der Waals surface area (Å²) < 4.78 is 13.2. The van der Waals surface area contributed by atoms with Crippen LogP contribution in [0.25, 0.3) is 0 Å². The van der Waals surface area contributed by atoms with Crippen LogP contribution in [-0.4, -0.2) is 6.71 Å². The Morgan fingerprint density at radius 3 is 1.31 bits per heavy atom. The topological polar surface area (TPSA) is 18.5 Å². The predicted molar refractivity (Wildman–Crippen MR) is 122 cm³/mol. The lowest BCUT2D eigenvalue weighted by atomic mass is 9.34. The molecule has 0 aliphatic carbocycles. The van der Waals surface area contributed by atoms with Gasteiger partial charge in [0.25, 0.3) is 6.71 Å². The van der Waals surface area contributed by atoms with Gasteiger partial charge < -0.3 is 9.47 Å². The number of aryl methyl sites for hydroxylation is 4. The molecule has 2 aliphatic heterocycles. The van der Waals surface area contributed by atoms with E-state index in [0.717, 1.165) is 23.0 Å². The number of fused-ring (bicyclic) bond motifs is 4. The maximum Gasteiger partial charge on any atom is 0.260 e. The number of hydrogen-bond donors (Lipinski definition) is 0. The fraction of sp³-hybridized carbons (Fsp3) is 0.308. The number of hydrogen-bond acceptors (Lipinski definition) is 2. The number of benzene rings is 3. The molecular formula is C26H27BO2. The van der Waals surface area contributed by atoms with Crippen molar-refractivity contribution < 1.29 is 9.47 Å². The van der Waals surface area contributed by atoms with Crippen LogP contribution in [0.15, 0.2) is 18.2 Å². The van der Waals surface area contributed by atoms with Crippen LogP contribution in [0.4, 0.5) is 0 Å². The van der Waals surface area contributed by atoms with E-state index >= 15 is 0 Å². The van der Waals surface area contributed by atoms with Crippen molar-refractivity contribution in [1.29, 1.82) is 0 Å². The van der Waals surface area contributed by atoms with Crippen LogP contribution in [0, 0.1) is 55.4 Å². The maximum absolute atomic E-state index is 6.60. The van der Waals surface area contributed by atoms with E-state index in [-0.39, 0.29) is 6.71 Å². The summed E-state index contributed by atoms with van der Waals surface area (Å²) in [6.45, 7) is 17.6. The van der Waals surface area contributed by atoms with Crippen molar-refractivity contribution in [3.05, 3.63) is 62.7 Å². The van der Waals surface area contributed by atoms with Crippen molar-refractivity contribution in [2.24, 2.45) is 0 Å². The van der Waals surface area contributed by atoms with Crippen LogP contribution < -0.4 is 25.9 Å². The van der Waals surface area contributed by atoms with Crippen LogP contribution in [0.1, 0.15) is 44.5 Å². The first-order chi connectivity index (χ1) is 13.7. The Balaban J connectivity index is 1.94. The van der Waals surface area contributed by atoms with Gasteiger partial charge in [0.1, 0.15) is 23.0 Å². The maximum atomic E-state index is 6.60. The normalized spacial score (nSPS) is 13.3. The molecule has 0 spiro atoms. The van der Waals surface area contributed by atoms with E-state index in [0.29, 0.717) is 0 Å². The third-order valence-electron chi connectivity index (χ3n) is 7.22. The van der Waals surface area contributed by atoms with Gasteiger partial charge in [0, 0.05) is 5.46 Å². The lowest BCUT2D eigenvalue weighted by molar-refractivity contribution is 0.455. The van der Waals surface area contributed by atoms with Crippen LogP contribution in [0.2, 0.25) is 0 Å². The number of rotatable bonds is 0. The minimum atomic E-state index is 0.141. The first kappa shape index (κ1) is 18.4. The molecule has 0 fully saturated rings. The standard InChI is InChI=1S/C26H27BO2/c1-12-10-20-25(18(7)16(12)5)28-23-14(3)9-15(4)24-22(23)27(20)21-11-13(2)17(6)19(8)26(21)29-24/h9-11H,1-8H3. The lowest BCUT2D eigenvalue weighted by Gasteiger charge is -2.36. The second-order valence-corrected chi connectivity index (χ2v) is 8.94. The Kier molecular flexibility index (Phi) is 3.75. The lowest BCUT2D eigenvalue weighted by Crippen LogP contribution is -2.58. The zero-order valence-corrected chi connectivity index (χ0v) is 18.6. The van der Waals surface area contributed by atoms with Crippen LogP contribution in [-0.2, 0) is 0 Å². The molecule has 0 unspecified atom stereocenters. The molecule has 2 heterocycles. The van der Waals surface area contributed by atoms with Gasteiger partial charge in [-0.1, -0.05) is 12.1 Å². The molecule has 0 atom stereocenters. The van der Waals surface area contributed by atoms with Gasteiger partial charge in [-0.05, 0) is 117 Å².